The fraction of sp³-hybridized carbons (Fsp3) is 0.273. The van der Waals surface area contributed by atoms with Crippen molar-refractivity contribution in [2.75, 3.05) is 5.32 Å². The van der Waals surface area contributed by atoms with Crippen molar-refractivity contribution in [1.82, 2.24) is 4.57 Å². The molecule has 0 spiro atoms. The zero-order valence-corrected chi connectivity index (χ0v) is 26.8. The number of anilines is 1. The Labute approximate surface area is 276 Å². The molecule has 227 valence electrons. The van der Waals surface area contributed by atoms with Crippen molar-refractivity contribution in [2.24, 2.45) is 0 Å². The van der Waals surface area contributed by atoms with E-state index in [1.807, 2.05) is 18.4 Å². The molecule has 0 aliphatic rings. The number of carboxylic acid groups (broad SMARTS) is 1. The third kappa shape index (κ3) is 8.55. The molecular weight excluding hydrogens is 581 g/mol. The first kappa shape index (κ1) is 34.9. The molecule has 44 heavy (non-hydrogen) atoms. The van der Waals surface area contributed by atoms with E-state index >= 15 is 0 Å². The van der Waals surface area contributed by atoms with Crippen LogP contribution < -0.4 is 5.32 Å². The SMILES string of the molecule is CC(C)n1c(CC[C@@H](O)C[C@@H](O)CC(=O)O)c(-c2ccc(F)cc2)c(-c2ccc(F)cc2)c1C(=O)Nc1cccc(O)c1.[Na]. The van der Waals surface area contributed by atoms with Gasteiger partial charge in [0.05, 0.1) is 18.6 Å². The Morgan fingerprint density at radius 3 is 1.95 bits per heavy atom. The Kier molecular flexibility index (Phi) is 12.3. The second-order valence-electron chi connectivity index (χ2n) is 10.7. The Balaban J connectivity index is 0.00000529. The van der Waals surface area contributed by atoms with E-state index in [4.69, 9.17) is 5.11 Å². The molecule has 3 aromatic carbocycles. The molecule has 0 aliphatic carbocycles. The summed E-state index contributed by atoms with van der Waals surface area (Å²) >= 11 is 0. The molecule has 0 unspecified atom stereocenters. The van der Waals surface area contributed by atoms with Gasteiger partial charge < -0.3 is 30.3 Å². The third-order valence-electron chi connectivity index (χ3n) is 7.08. The number of aliphatic carboxylic acids is 1. The topological polar surface area (TPSA) is 132 Å². The van der Waals surface area contributed by atoms with Crippen LogP contribution in [0.2, 0.25) is 0 Å². The molecule has 0 aliphatic heterocycles. The van der Waals surface area contributed by atoms with E-state index < -0.39 is 42.1 Å². The minimum absolute atomic E-state index is 0. The number of amides is 1. The van der Waals surface area contributed by atoms with E-state index in [2.05, 4.69) is 5.32 Å². The fourth-order valence-corrected chi connectivity index (χ4v) is 5.30. The largest absolute Gasteiger partial charge is 0.508 e. The van der Waals surface area contributed by atoms with Gasteiger partial charge in [-0.2, -0.15) is 0 Å². The smallest absolute Gasteiger partial charge is 0.305 e. The van der Waals surface area contributed by atoms with Gasteiger partial charge in [0, 0.05) is 64.2 Å². The van der Waals surface area contributed by atoms with E-state index in [1.54, 1.807) is 36.4 Å². The van der Waals surface area contributed by atoms with Crippen LogP contribution in [0.3, 0.4) is 0 Å². The number of aromatic hydroxyl groups is 1. The van der Waals surface area contributed by atoms with Crippen molar-refractivity contribution in [3.8, 4) is 28.0 Å². The number of rotatable bonds is 12. The summed E-state index contributed by atoms with van der Waals surface area (Å²) in [5.41, 5.74) is 3.38. The Morgan fingerprint density at radius 2 is 1.43 bits per heavy atom. The van der Waals surface area contributed by atoms with Crippen LogP contribution in [-0.4, -0.2) is 78.6 Å². The summed E-state index contributed by atoms with van der Waals surface area (Å²) in [6.07, 6.45) is -2.62. The number of carboxylic acids is 1. The van der Waals surface area contributed by atoms with Crippen LogP contribution in [0.25, 0.3) is 22.3 Å². The van der Waals surface area contributed by atoms with Crippen LogP contribution in [0.1, 0.15) is 55.3 Å². The van der Waals surface area contributed by atoms with Crippen molar-refractivity contribution in [3.63, 3.8) is 0 Å². The van der Waals surface area contributed by atoms with Gasteiger partial charge in [-0.1, -0.05) is 30.3 Å². The third-order valence-corrected chi connectivity index (χ3v) is 7.08. The van der Waals surface area contributed by atoms with Crippen LogP contribution in [-0.2, 0) is 11.2 Å². The van der Waals surface area contributed by atoms with Gasteiger partial charge in [-0.05, 0) is 80.6 Å². The van der Waals surface area contributed by atoms with Gasteiger partial charge >= 0.3 is 5.97 Å². The number of phenols is 1. The zero-order valence-electron chi connectivity index (χ0n) is 24.8. The molecule has 0 saturated carbocycles. The van der Waals surface area contributed by atoms with Crippen molar-refractivity contribution in [2.45, 2.75) is 57.8 Å². The molecule has 0 fully saturated rings. The second-order valence-corrected chi connectivity index (χ2v) is 10.7. The van der Waals surface area contributed by atoms with Gasteiger partial charge in [0.1, 0.15) is 23.1 Å². The number of hydrogen-bond acceptors (Lipinski definition) is 5. The zero-order chi connectivity index (χ0) is 31.3. The number of nitrogens with one attached hydrogen (secondary N) is 1. The van der Waals surface area contributed by atoms with Crippen molar-refractivity contribution in [3.05, 3.63) is 95.8 Å². The van der Waals surface area contributed by atoms with Gasteiger partial charge in [0.25, 0.3) is 5.91 Å². The van der Waals surface area contributed by atoms with Crippen LogP contribution >= 0.6 is 0 Å². The number of nitrogens with zero attached hydrogens (tertiary/aromatic N) is 1. The number of halogens is 2. The van der Waals surface area contributed by atoms with Gasteiger partial charge in [-0.3, -0.25) is 9.59 Å². The summed E-state index contributed by atoms with van der Waals surface area (Å²) in [6.45, 7) is 3.76. The molecule has 8 nitrogen and oxygen atoms in total. The monoisotopic (exact) mass is 615 g/mol. The summed E-state index contributed by atoms with van der Waals surface area (Å²) in [4.78, 5) is 25.0. The molecule has 5 N–H and O–H groups in total. The molecule has 0 saturated heterocycles. The molecule has 1 radical (unpaired) electrons. The number of carbonyl (C=O) groups excluding carboxylic acids is 1. The van der Waals surface area contributed by atoms with Crippen LogP contribution in [0.15, 0.2) is 72.8 Å². The quantitative estimate of drug-likeness (QED) is 0.129. The van der Waals surface area contributed by atoms with Crippen molar-refractivity contribution in [1.29, 1.82) is 0 Å². The van der Waals surface area contributed by atoms with E-state index in [0.29, 0.717) is 33.6 Å². The van der Waals surface area contributed by atoms with E-state index in [1.165, 1.54) is 36.4 Å². The van der Waals surface area contributed by atoms with E-state index in [9.17, 15) is 33.7 Å². The molecule has 1 aromatic heterocycles. The molecule has 1 heterocycles. The first-order chi connectivity index (χ1) is 20.4. The molecular formula is C33H34F2N2NaO6. The summed E-state index contributed by atoms with van der Waals surface area (Å²) in [6, 6.07) is 17.2. The molecule has 11 heteroatoms. The summed E-state index contributed by atoms with van der Waals surface area (Å²) in [7, 11) is 0. The van der Waals surface area contributed by atoms with Gasteiger partial charge in [0.2, 0.25) is 0 Å². The molecule has 4 aromatic rings. The minimum atomic E-state index is -1.24. The minimum Gasteiger partial charge on any atom is -0.508 e. The number of aliphatic hydroxyl groups excluding tert-OH is 2. The average Bonchev–Trinajstić information content (AvgIpc) is 3.28. The van der Waals surface area contributed by atoms with Gasteiger partial charge in [-0.15, -0.1) is 0 Å². The van der Waals surface area contributed by atoms with Gasteiger partial charge in [0.15, 0.2) is 0 Å². The van der Waals surface area contributed by atoms with E-state index in [-0.39, 0.29) is 66.3 Å². The number of hydrogen-bond donors (Lipinski definition) is 5. The number of aliphatic hydroxyl groups is 2. The molecule has 2 atom stereocenters. The maximum atomic E-state index is 14.1. The van der Waals surface area contributed by atoms with Gasteiger partial charge in [-0.25, -0.2) is 8.78 Å². The van der Waals surface area contributed by atoms with Crippen molar-refractivity contribution < 1.29 is 38.8 Å². The summed E-state index contributed by atoms with van der Waals surface area (Å²) in [5.74, 6) is -2.66. The normalized spacial score (nSPS) is 12.4. The summed E-state index contributed by atoms with van der Waals surface area (Å²) < 4.78 is 29.9. The van der Waals surface area contributed by atoms with E-state index in [0.717, 1.165) is 0 Å². The van der Waals surface area contributed by atoms with Crippen LogP contribution in [0.4, 0.5) is 14.5 Å². The molecule has 1 amide bonds. The standard InChI is InChI=1S/C33H34F2N2O6.Na/c1-19(2)37-28(15-14-26(39)17-27(40)18-29(41)42)30(20-6-10-22(34)11-7-20)31(21-8-12-23(35)13-9-21)32(37)33(43)36-24-4-3-5-25(38)16-24;/h3-13,16,19,26-27,38-40H,14-15,17-18H2,1-2H3,(H,36,43)(H,41,42);/t26-,27-;/m1./s1. The molecule has 0 bridgehead atoms. The first-order valence-electron chi connectivity index (χ1n) is 13.9. The number of benzene rings is 3. The fourth-order valence-electron chi connectivity index (χ4n) is 5.30. The maximum absolute atomic E-state index is 14.1. The average molecular weight is 616 g/mol. The Bertz CT molecular complexity index is 1590. The number of aromatic nitrogens is 1. The number of phenolic OH excluding ortho intramolecular Hbond substituents is 1. The van der Waals surface area contributed by atoms with Crippen molar-refractivity contribution >= 4 is 47.1 Å². The number of carbonyl (C=O) groups is 2. The second kappa shape index (κ2) is 15.5. The van der Waals surface area contributed by atoms with Crippen LogP contribution in [0.5, 0.6) is 5.75 Å². The Hall–Kier alpha value is -3.54. The molecule has 4 rings (SSSR count). The maximum Gasteiger partial charge on any atom is 0.305 e. The first-order valence-corrected chi connectivity index (χ1v) is 13.9. The predicted molar refractivity (Wildman–Crippen MR) is 165 cm³/mol. The van der Waals surface area contributed by atoms with Crippen LogP contribution in [0, 0.1) is 11.6 Å². The summed E-state index contributed by atoms with van der Waals surface area (Å²) in [5, 5.41) is 42.5. The Morgan fingerprint density at radius 1 is 0.864 bits per heavy atom. The predicted octanol–water partition coefficient (Wildman–Crippen LogP) is 5.78.